The third-order valence-electron chi connectivity index (χ3n) is 15.0. The SMILES string of the molecule is C=C1CC2C(CCc3ccc4c(sc5cc(C(C)C)ccc54)c3-c3n(-c4c(C(C)C)cc(-c5ccccc5)cc4C(C)C)c4ccccc4[n+]31)c1ccccc1-c1ccc([Si](C)(C)C)c[n+]12. The average molecular weight is 898 g/mol. The van der Waals surface area contributed by atoms with Crippen LogP contribution < -0.4 is 14.3 Å². The van der Waals surface area contributed by atoms with Crippen LogP contribution in [-0.4, -0.2) is 12.6 Å². The molecule has 2 aliphatic rings. The molecular weight excluding hydrogens is 835 g/mol. The van der Waals surface area contributed by atoms with Gasteiger partial charge in [0.1, 0.15) is 11.4 Å². The fourth-order valence-electron chi connectivity index (χ4n) is 11.4. The summed E-state index contributed by atoms with van der Waals surface area (Å²) in [7, 11) is -1.63. The number of thiophene rings is 1. The summed E-state index contributed by atoms with van der Waals surface area (Å²) in [5.41, 5.74) is 18.4. The van der Waals surface area contributed by atoms with E-state index < -0.39 is 8.07 Å². The number of imidazole rings is 1. The van der Waals surface area contributed by atoms with Crippen LogP contribution in [0.1, 0.15) is 112 Å². The molecule has 0 amide bonds. The van der Waals surface area contributed by atoms with Crippen LogP contribution in [0.5, 0.6) is 0 Å². The molecule has 0 fully saturated rings. The smallest absolute Gasteiger partial charge is 0.195 e. The average Bonchev–Trinajstić information content (AvgIpc) is 3.86. The van der Waals surface area contributed by atoms with Crippen molar-refractivity contribution in [3.05, 3.63) is 174 Å². The molecule has 66 heavy (non-hydrogen) atoms. The molecule has 0 N–H and O–H groups in total. The monoisotopic (exact) mass is 897 g/mol. The van der Waals surface area contributed by atoms with Crippen LogP contribution in [0.3, 0.4) is 0 Å². The van der Waals surface area contributed by atoms with E-state index in [-0.39, 0.29) is 17.9 Å². The quantitative estimate of drug-likeness (QED) is 0.117. The molecule has 6 aromatic carbocycles. The van der Waals surface area contributed by atoms with Crippen molar-refractivity contribution in [2.75, 3.05) is 0 Å². The maximum absolute atomic E-state index is 5.22. The molecule has 0 bridgehead atoms. The Morgan fingerprint density at radius 2 is 1.39 bits per heavy atom. The summed E-state index contributed by atoms with van der Waals surface area (Å²) in [4.78, 5) is 0. The van der Waals surface area contributed by atoms with Crippen LogP contribution in [0.2, 0.25) is 19.6 Å². The van der Waals surface area contributed by atoms with E-state index in [4.69, 9.17) is 6.58 Å². The van der Waals surface area contributed by atoms with Crippen LogP contribution in [0.15, 0.2) is 146 Å². The minimum Gasteiger partial charge on any atom is -0.195 e. The molecule has 0 saturated carbocycles. The van der Waals surface area contributed by atoms with Crippen molar-refractivity contribution in [2.24, 2.45) is 0 Å². The van der Waals surface area contributed by atoms with Gasteiger partial charge >= 0.3 is 5.82 Å². The maximum atomic E-state index is 5.22. The lowest BCUT2D eigenvalue weighted by Crippen LogP contribution is -2.53. The lowest BCUT2D eigenvalue weighted by atomic mass is 9.77. The number of hydrogen-bond acceptors (Lipinski definition) is 1. The predicted molar refractivity (Wildman–Crippen MR) is 285 cm³/mol. The standard InChI is InChI=1S/C61H63N3SSi/c1-37(2)43-26-29-49-50-30-25-42-24-28-48-46-20-14-15-21-47(46)53-31-27-45(66(8,9)10)36-62(53)56(48)32-40(7)63-54-22-16-17-23-55(54)64(61(63)58(42)60(50)65-57(49)35-43)59-51(38(3)4)33-44(34-52(59)39(5)6)41-18-12-11-13-19-41/h11-23,25-27,29-31,33-39,48,56H,7,24,28,32H2,1-6,8-10H3/q+2. The first-order valence-electron chi connectivity index (χ1n) is 24.4. The van der Waals surface area contributed by atoms with Gasteiger partial charge in [-0.3, -0.25) is 0 Å². The number of pyridine rings is 1. The summed E-state index contributed by atoms with van der Waals surface area (Å²) in [6.45, 7) is 26.8. The Labute approximate surface area is 396 Å². The molecule has 9 aromatic rings. The molecule has 2 unspecified atom stereocenters. The van der Waals surface area contributed by atoms with Gasteiger partial charge in [0.15, 0.2) is 23.3 Å². The highest BCUT2D eigenvalue weighted by Gasteiger charge is 2.45. The Kier molecular flexibility index (Phi) is 10.5. The van der Waals surface area contributed by atoms with Gasteiger partial charge in [-0.05, 0) is 94.8 Å². The largest absolute Gasteiger partial charge is 0.301 e. The number of allylic oxidation sites excluding steroid dienone is 1. The third-order valence-corrected chi connectivity index (χ3v) is 18.2. The number of para-hydroxylation sites is 2. The van der Waals surface area contributed by atoms with Gasteiger partial charge in [0.2, 0.25) is 5.69 Å². The first-order chi connectivity index (χ1) is 31.8. The molecule has 0 radical (unpaired) electrons. The molecule has 0 aliphatic carbocycles. The van der Waals surface area contributed by atoms with Crippen molar-refractivity contribution in [1.82, 2.24) is 4.57 Å². The van der Waals surface area contributed by atoms with Gasteiger partial charge in [-0.2, -0.15) is 13.7 Å². The first-order valence-corrected chi connectivity index (χ1v) is 28.7. The number of aromatic nitrogens is 3. The molecule has 3 nitrogen and oxygen atoms in total. The van der Waals surface area contributed by atoms with Crippen molar-refractivity contribution >= 4 is 61.5 Å². The minimum atomic E-state index is -1.63. The molecule has 11 rings (SSSR count). The molecule has 5 heteroatoms. The Balaban J connectivity index is 1.27. The number of hydrogen-bond donors (Lipinski definition) is 0. The Morgan fingerprint density at radius 1 is 0.697 bits per heavy atom. The van der Waals surface area contributed by atoms with Gasteiger partial charge in [0.25, 0.3) is 0 Å². The van der Waals surface area contributed by atoms with Crippen LogP contribution in [0, 0.1) is 0 Å². The maximum Gasteiger partial charge on any atom is 0.301 e. The van der Waals surface area contributed by atoms with E-state index in [1.54, 1.807) is 0 Å². The zero-order valence-corrected chi connectivity index (χ0v) is 42.1. The topological polar surface area (TPSA) is 12.7 Å². The highest BCUT2D eigenvalue weighted by atomic mass is 32.1. The van der Waals surface area contributed by atoms with E-state index in [9.17, 15) is 0 Å². The van der Waals surface area contributed by atoms with Crippen LogP contribution in [0.25, 0.3) is 76.4 Å². The summed E-state index contributed by atoms with van der Waals surface area (Å²) < 4.78 is 10.7. The zero-order valence-electron chi connectivity index (χ0n) is 40.2. The van der Waals surface area contributed by atoms with Crippen molar-refractivity contribution < 1.29 is 9.13 Å². The fraction of sp³-hybridized carbons (Fsp3) is 0.279. The summed E-state index contributed by atoms with van der Waals surface area (Å²) in [5.74, 6) is 2.55. The number of fused-ring (bicyclic) bond motifs is 15. The second kappa shape index (κ2) is 16.2. The van der Waals surface area contributed by atoms with E-state index in [1.807, 2.05) is 11.3 Å². The van der Waals surface area contributed by atoms with E-state index in [0.717, 1.165) is 25.0 Å². The fourth-order valence-corrected chi connectivity index (χ4v) is 13.8. The van der Waals surface area contributed by atoms with Gasteiger partial charge in [-0.25, -0.2) is 0 Å². The van der Waals surface area contributed by atoms with E-state index in [1.165, 1.54) is 104 Å². The highest BCUT2D eigenvalue weighted by Crippen LogP contribution is 2.49. The lowest BCUT2D eigenvalue weighted by molar-refractivity contribution is -0.719. The van der Waals surface area contributed by atoms with E-state index in [0.29, 0.717) is 11.8 Å². The van der Waals surface area contributed by atoms with Crippen LogP contribution in [-0.2, 0) is 6.42 Å². The number of aryl methyl sites for hydroxylation is 1. The van der Waals surface area contributed by atoms with Gasteiger partial charge in [0, 0.05) is 49.3 Å². The Morgan fingerprint density at radius 3 is 2.12 bits per heavy atom. The molecule has 2 atom stereocenters. The van der Waals surface area contributed by atoms with Crippen molar-refractivity contribution in [1.29, 1.82) is 0 Å². The second-order valence-corrected chi connectivity index (χ2v) is 27.3. The molecule has 2 aliphatic heterocycles. The zero-order chi connectivity index (χ0) is 45.8. The highest BCUT2D eigenvalue weighted by molar-refractivity contribution is 7.26. The molecular formula is C61H63N3SSi+2. The van der Waals surface area contributed by atoms with E-state index in [2.05, 4.69) is 215 Å². The van der Waals surface area contributed by atoms with Crippen molar-refractivity contribution in [2.45, 2.75) is 110 Å². The van der Waals surface area contributed by atoms with Crippen molar-refractivity contribution in [3.63, 3.8) is 0 Å². The van der Waals surface area contributed by atoms with Gasteiger partial charge in [0.05, 0.1) is 24.8 Å². The number of benzene rings is 6. The van der Waals surface area contributed by atoms with Crippen LogP contribution >= 0.6 is 11.3 Å². The summed E-state index contributed by atoms with van der Waals surface area (Å²) in [5, 5.41) is 4.18. The Bertz CT molecular complexity index is 3370. The second-order valence-electron chi connectivity index (χ2n) is 21.2. The molecule has 330 valence electrons. The summed E-state index contributed by atoms with van der Waals surface area (Å²) >= 11 is 1.98. The summed E-state index contributed by atoms with van der Waals surface area (Å²) in [6, 6.07) is 51.6. The molecule has 5 heterocycles. The summed E-state index contributed by atoms with van der Waals surface area (Å²) in [6.07, 6.45) is 5.38. The predicted octanol–water partition coefficient (Wildman–Crippen LogP) is 15.6. The normalized spacial score (nSPS) is 16.2. The first kappa shape index (κ1) is 42.7. The lowest BCUT2D eigenvalue weighted by Gasteiger charge is -2.32. The number of nitrogens with zero attached hydrogens (tertiary/aromatic N) is 3. The van der Waals surface area contributed by atoms with E-state index >= 15 is 0 Å². The van der Waals surface area contributed by atoms with Crippen molar-refractivity contribution in [3.8, 4) is 39.5 Å². The molecule has 0 saturated heterocycles. The molecule has 3 aromatic heterocycles. The van der Waals surface area contributed by atoms with Gasteiger partial charge < -0.3 is 0 Å². The van der Waals surface area contributed by atoms with Gasteiger partial charge in [-0.1, -0.05) is 159 Å². The van der Waals surface area contributed by atoms with Gasteiger partial charge in [-0.15, -0.1) is 11.3 Å². The third kappa shape index (κ3) is 6.87. The molecule has 0 spiro atoms. The minimum absolute atomic E-state index is 0.202. The Hall–Kier alpha value is -5.88. The van der Waals surface area contributed by atoms with Crippen LogP contribution in [0.4, 0.5) is 0 Å². The number of rotatable bonds is 6.